The van der Waals surface area contributed by atoms with Gasteiger partial charge in [0.1, 0.15) is 21.6 Å². The van der Waals surface area contributed by atoms with Crippen molar-refractivity contribution in [2.75, 3.05) is 31.8 Å². The molecular formula is C34H56N2O9S. The van der Waals surface area contributed by atoms with Gasteiger partial charge in [-0.3, -0.25) is 9.59 Å². The van der Waals surface area contributed by atoms with Crippen molar-refractivity contribution in [2.45, 2.75) is 109 Å². The number of ether oxygens (including phenoxy) is 2. The Morgan fingerprint density at radius 3 is 2.07 bits per heavy atom. The summed E-state index contributed by atoms with van der Waals surface area (Å²) in [7, 11) is -1.84. The molecular weight excluding hydrogens is 612 g/mol. The maximum Gasteiger partial charge on any atom is 0.339 e. The first kappa shape index (κ1) is 41.1. The molecule has 1 aromatic carbocycles. The summed E-state index contributed by atoms with van der Waals surface area (Å²) in [6.45, 7) is 4.10. The number of rotatable bonds is 27. The van der Waals surface area contributed by atoms with Crippen molar-refractivity contribution in [1.82, 2.24) is 5.32 Å². The van der Waals surface area contributed by atoms with Gasteiger partial charge in [-0.2, -0.15) is 0 Å². The summed E-state index contributed by atoms with van der Waals surface area (Å²) < 4.78 is 35.1. The zero-order chi connectivity index (χ0) is 34.4. The van der Waals surface area contributed by atoms with Gasteiger partial charge >= 0.3 is 5.97 Å². The molecule has 0 saturated heterocycles. The van der Waals surface area contributed by atoms with Crippen molar-refractivity contribution < 1.29 is 42.5 Å². The summed E-state index contributed by atoms with van der Waals surface area (Å²) in [4.78, 5) is 37.7. The number of carboxylic acid groups (broad SMARTS) is 1. The standard InChI is InChI=1S/C34H56N2O9S/c1-4-6-8-12-15-23-46(42,43)24-16-13-10-9-11-14-17-29(34(41,26-44-3)33(39)40)32(38)36-30(31(35)37)25-27-18-20-28(21-19-27)45-22-7-5-2/h14,17-21,29-30,41H,4-13,15-16,22-26H2,1-3H3,(H2,35,37)(H,36,38)(H,39,40)/b17-14+/t29-,30+,34+/m1/s1. The van der Waals surface area contributed by atoms with Crippen LogP contribution in [0.25, 0.3) is 0 Å². The lowest BCUT2D eigenvalue weighted by Gasteiger charge is -2.30. The monoisotopic (exact) mass is 668 g/mol. The van der Waals surface area contributed by atoms with Gasteiger partial charge in [-0.1, -0.05) is 83.1 Å². The molecule has 262 valence electrons. The minimum Gasteiger partial charge on any atom is -0.494 e. The second-order valence-electron chi connectivity index (χ2n) is 11.9. The number of primary amides is 1. The number of nitrogens with one attached hydrogen (secondary N) is 1. The number of methoxy groups -OCH3 is 1. The first-order valence-electron chi connectivity index (χ1n) is 16.5. The van der Waals surface area contributed by atoms with Crippen molar-refractivity contribution in [2.24, 2.45) is 11.7 Å². The molecule has 0 fully saturated rings. The SMILES string of the molecule is CCCCCCCS(=O)(=O)CCCCCC/C=C/[C@H](C(=O)N[C@@H](Cc1ccc(OCCCC)cc1)C(N)=O)[C@@](O)(COC)C(=O)O. The van der Waals surface area contributed by atoms with Crippen molar-refractivity contribution in [3.05, 3.63) is 42.0 Å². The first-order chi connectivity index (χ1) is 21.9. The Hall–Kier alpha value is -2.96. The number of carbonyl (C=O) groups is 3. The lowest BCUT2D eigenvalue weighted by Crippen LogP contribution is -2.57. The van der Waals surface area contributed by atoms with Crippen LogP contribution in [-0.2, 0) is 35.4 Å². The van der Waals surface area contributed by atoms with E-state index in [-0.39, 0.29) is 17.9 Å². The van der Waals surface area contributed by atoms with Crippen LogP contribution in [0.1, 0.15) is 96.5 Å². The third-order valence-electron chi connectivity index (χ3n) is 7.78. The Kier molecular flexibility index (Phi) is 20.1. The number of sulfone groups is 1. The molecule has 3 atom stereocenters. The number of aliphatic carboxylic acids is 1. The predicted octanol–water partition coefficient (Wildman–Crippen LogP) is 4.35. The molecule has 0 bridgehead atoms. The van der Waals surface area contributed by atoms with Crippen LogP contribution in [0.5, 0.6) is 5.75 Å². The number of benzene rings is 1. The summed E-state index contributed by atoms with van der Waals surface area (Å²) in [6.07, 6.45) is 13.0. The van der Waals surface area contributed by atoms with E-state index in [1.165, 1.54) is 13.2 Å². The average molecular weight is 669 g/mol. The van der Waals surface area contributed by atoms with Crippen LogP contribution in [0.15, 0.2) is 36.4 Å². The highest BCUT2D eigenvalue weighted by molar-refractivity contribution is 7.91. The Balaban J connectivity index is 2.79. The number of amides is 2. The molecule has 12 heteroatoms. The van der Waals surface area contributed by atoms with E-state index in [9.17, 15) is 33.0 Å². The largest absolute Gasteiger partial charge is 0.494 e. The van der Waals surface area contributed by atoms with Crippen molar-refractivity contribution in [3.8, 4) is 5.75 Å². The zero-order valence-corrected chi connectivity index (χ0v) is 28.7. The number of carbonyl (C=O) groups excluding carboxylic acids is 2. The Labute approximate surface area is 275 Å². The lowest BCUT2D eigenvalue weighted by atomic mass is 9.86. The third kappa shape index (κ3) is 16.0. The molecule has 46 heavy (non-hydrogen) atoms. The van der Waals surface area contributed by atoms with Gasteiger partial charge in [0.25, 0.3) is 0 Å². The van der Waals surface area contributed by atoms with Gasteiger partial charge in [0.15, 0.2) is 5.60 Å². The molecule has 1 rings (SSSR count). The summed E-state index contributed by atoms with van der Waals surface area (Å²) in [5.74, 6) is -3.87. The maximum atomic E-state index is 13.4. The van der Waals surface area contributed by atoms with Gasteiger partial charge in [-0.15, -0.1) is 0 Å². The molecule has 0 spiro atoms. The highest BCUT2D eigenvalue weighted by Crippen LogP contribution is 2.23. The summed E-state index contributed by atoms with van der Waals surface area (Å²) in [5.41, 5.74) is 3.68. The number of unbranched alkanes of at least 4 members (excludes halogenated alkanes) is 9. The van der Waals surface area contributed by atoms with E-state index in [4.69, 9.17) is 15.2 Å². The average Bonchev–Trinajstić information content (AvgIpc) is 3.00. The summed E-state index contributed by atoms with van der Waals surface area (Å²) >= 11 is 0. The van der Waals surface area contributed by atoms with Crippen LogP contribution >= 0.6 is 0 Å². The number of hydrogen-bond donors (Lipinski definition) is 4. The molecule has 0 aliphatic carbocycles. The van der Waals surface area contributed by atoms with Crippen LogP contribution in [0.3, 0.4) is 0 Å². The second kappa shape index (κ2) is 22.5. The first-order valence-corrected chi connectivity index (χ1v) is 18.4. The lowest BCUT2D eigenvalue weighted by molar-refractivity contribution is -0.173. The van der Waals surface area contributed by atoms with Crippen molar-refractivity contribution in [1.29, 1.82) is 0 Å². The highest BCUT2D eigenvalue weighted by Gasteiger charge is 2.47. The van der Waals surface area contributed by atoms with E-state index in [1.54, 1.807) is 30.3 Å². The molecule has 11 nitrogen and oxygen atoms in total. The van der Waals surface area contributed by atoms with Gasteiger partial charge in [0, 0.05) is 13.5 Å². The number of carboxylic acids is 1. The van der Waals surface area contributed by atoms with Crippen LogP contribution in [-0.4, -0.2) is 79.9 Å². The molecule has 0 aromatic heterocycles. The van der Waals surface area contributed by atoms with Gasteiger partial charge in [0.05, 0.1) is 30.6 Å². The van der Waals surface area contributed by atoms with Crippen LogP contribution in [0, 0.1) is 5.92 Å². The number of aliphatic hydroxyl groups is 1. The van der Waals surface area contributed by atoms with Gasteiger partial charge in [-0.05, 0) is 49.8 Å². The molecule has 0 aliphatic heterocycles. The molecule has 0 saturated carbocycles. The Morgan fingerprint density at radius 2 is 1.52 bits per heavy atom. The van der Waals surface area contributed by atoms with Crippen LogP contribution in [0.4, 0.5) is 0 Å². The summed E-state index contributed by atoms with van der Waals surface area (Å²) in [5, 5.41) is 23.4. The Bertz CT molecular complexity index is 1170. The van der Waals surface area contributed by atoms with E-state index in [1.807, 2.05) is 0 Å². The molecule has 0 heterocycles. The van der Waals surface area contributed by atoms with E-state index >= 15 is 0 Å². The maximum absolute atomic E-state index is 13.4. The molecule has 2 amide bonds. The quantitative estimate of drug-likeness (QED) is 0.0782. The van der Waals surface area contributed by atoms with E-state index in [2.05, 4.69) is 19.2 Å². The molecule has 5 N–H and O–H groups in total. The topological polar surface area (TPSA) is 182 Å². The minimum absolute atomic E-state index is 0.0527. The second-order valence-corrected chi connectivity index (χ2v) is 14.2. The molecule has 1 aromatic rings. The normalized spacial score (nSPS) is 14.4. The van der Waals surface area contributed by atoms with Gasteiger partial charge in [-0.25, -0.2) is 13.2 Å². The molecule has 0 radical (unpaired) electrons. The summed E-state index contributed by atoms with van der Waals surface area (Å²) in [6, 6.07) is 5.86. The van der Waals surface area contributed by atoms with Crippen LogP contribution < -0.4 is 15.8 Å². The van der Waals surface area contributed by atoms with Gasteiger partial charge < -0.3 is 30.7 Å². The third-order valence-corrected chi connectivity index (χ3v) is 9.61. The van der Waals surface area contributed by atoms with Gasteiger partial charge in [0.2, 0.25) is 11.8 Å². The molecule has 0 aliphatic rings. The van der Waals surface area contributed by atoms with Crippen LogP contribution in [0.2, 0.25) is 0 Å². The minimum atomic E-state index is -3.05. The Morgan fingerprint density at radius 1 is 0.935 bits per heavy atom. The van der Waals surface area contributed by atoms with E-state index in [0.29, 0.717) is 43.6 Å². The fraction of sp³-hybridized carbons (Fsp3) is 0.676. The number of nitrogens with two attached hydrogens (primary N) is 1. The highest BCUT2D eigenvalue weighted by atomic mass is 32.2. The van der Waals surface area contributed by atoms with E-state index in [0.717, 1.165) is 51.4 Å². The van der Waals surface area contributed by atoms with Crippen molar-refractivity contribution >= 4 is 27.6 Å². The van der Waals surface area contributed by atoms with E-state index < -0.39 is 51.8 Å². The number of allylic oxidation sites excluding steroid dienone is 1. The fourth-order valence-electron chi connectivity index (χ4n) is 4.94. The number of hydrogen-bond acceptors (Lipinski definition) is 8. The molecule has 0 unspecified atom stereocenters. The predicted molar refractivity (Wildman–Crippen MR) is 179 cm³/mol. The smallest absolute Gasteiger partial charge is 0.339 e. The van der Waals surface area contributed by atoms with Crippen molar-refractivity contribution in [3.63, 3.8) is 0 Å². The fourth-order valence-corrected chi connectivity index (χ4v) is 6.43. The zero-order valence-electron chi connectivity index (χ0n) is 27.9.